The van der Waals surface area contributed by atoms with E-state index in [1.165, 1.54) is 24.3 Å². The van der Waals surface area contributed by atoms with Gasteiger partial charge in [0, 0.05) is 11.4 Å². The zero-order chi connectivity index (χ0) is 19.1. The molecule has 4 nitrogen and oxygen atoms in total. The van der Waals surface area contributed by atoms with E-state index in [2.05, 4.69) is 16.7 Å². The maximum Gasteiger partial charge on any atom is 0.251 e. The van der Waals surface area contributed by atoms with Crippen molar-refractivity contribution in [1.82, 2.24) is 0 Å². The van der Waals surface area contributed by atoms with Crippen LogP contribution in [0.3, 0.4) is 0 Å². The van der Waals surface area contributed by atoms with Crippen molar-refractivity contribution >= 4 is 17.3 Å². The molecule has 5 heteroatoms. The molecule has 27 heavy (non-hydrogen) atoms. The Labute approximate surface area is 157 Å². The summed E-state index contributed by atoms with van der Waals surface area (Å²) >= 11 is 0. The topological polar surface area (TPSA) is 64.9 Å². The Balaban J connectivity index is 1.81. The maximum absolute atomic E-state index is 13.1. The van der Waals surface area contributed by atoms with Crippen molar-refractivity contribution < 1.29 is 9.18 Å². The highest BCUT2D eigenvalue weighted by Crippen LogP contribution is 2.22. The molecular weight excluding hydrogens is 341 g/mol. The van der Waals surface area contributed by atoms with Gasteiger partial charge in [0.15, 0.2) is 0 Å². The molecule has 134 valence electrons. The third-order valence-corrected chi connectivity index (χ3v) is 4.05. The Hall–Kier alpha value is -3.65. The summed E-state index contributed by atoms with van der Waals surface area (Å²) in [4.78, 5) is 12.9. The molecule has 1 unspecified atom stereocenters. The number of carbonyl (C=O) groups excluding carboxylic acids is 1. The second-order valence-corrected chi connectivity index (χ2v) is 6.02. The highest BCUT2D eigenvalue weighted by molar-refractivity contribution is 5.97. The van der Waals surface area contributed by atoms with E-state index in [4.69, 9.17) is 5.26 Å². The zero-order valence-corrected chi connectivity index (χ0v) is 14.5. The second-order valence-electron chi connectivity index (χ2n) is 6.02. The van der Waals surface area contributed by atoms with Crippen molar-refractivity contribution in [3.63, 3.8) is 0 Å². The average Bonchev–Trinajstić information content (AvgIpc) is 2.70. The molecule has 0 aliphatic carbocycles. The first-order valence-corrected chi connectivity index (χ1v) is 8.49. The minimum atomic E-state index is -0.627. The number of rotatable bonds is 6. The molecule has 3 aromatic carbocycles. The normalized spacial score (nSPS) is 11.3. The maximum atomic E-state index is 13.1. The van der Waals surface area contributed by atoms with Crippen LogP contribution in [-0.4, -0.2) is 5.91 Å². The molecule has 1 amide bonds. The van der Waals surface area contributed by atoms with Gasteiger partial charge >= 0.3 is 0 Å². The number of carbonyl (C=O) groups is 1. The van der Waals surface area contributed by atoms with Crippen molar-refractivity contribution in [2.75, 3.05) is 10.6 Å². The molecule has 0 heterocycles. The number of anilines is 2. The molecule has 0 aliphatic rings. The number of nitrogens with one attached hydrogen (secondary N) is 2. The molecule has 0 spiro atoms. The summed E-state index contributed by atoms with van der Waals surface area (Å²) in [6, 6.07) is 23.9. The number of hydrogen-bond acceptors (Lipinski definition) is 3. The van der Waals surface area contributed by atoms with E-state index in [9.17, 15) is 9.18 Å². The highest BCUT2D eigenvalue weighted by atomic mass is 19.1. The number of halogens is 1. The zero-order valence-electron chi connectivity index (χ0n) is 14.5. The monoisotopic (exact) mass is 359 g/mol. The fraction of sp³-hybridized carbons (Fsp3) is 0.0909. The lowest BCUT2D eigenvalue weighted by atomic mass is 10.0. The molecule has 0 saturated carbocycles. The van der Waals surface area contributed by atoms with Crippen molar-refractivity contribution in [3.8, 4) is 6.07 Å². The van der Waals surface area contributed by atoms with Gasteiger partial charge in [-0.3, -0.25) is 4.79 Å². The number of amides is 1. The first-order chi connectivity index (χ1) is 13.2. The summed E-state index contributed by atoms with van der Waals surface area (Å²) in [6.07, 6.45) is 0.341. The Kier molecular flexibility index (Phi) is 5.80. The predicted octanol–water partition coefficient (Wildman–Crippen LogP) is 4.68. The Morgan fingerprint density at radius 2 is 1.56 bits per heavy atom. The molecule has 3 rings (SSSR count). The van der Waals surface area contributed by atoms with E-state index >= 15 is 0 Å². The largest absolute Gasteiger partial charge is 0.370 e. The molecular formula is C22H18FN3O. The van der Waals surface area contributed by atoms with Gasteiger partial charge in [0.05, 0.1) is 12.5 Å². The number of nitrogens with zero attached hydrogens (tertiary/aromatic N) is 1. The third kappa shape index (κ3) is 4.93. The van der Waals surface area contributed by atoms with E-state index < -0.39 is 6.04 Å². The van der Waals surface area contributed by atoms with Crippen LogP contribution in [0.15, 0.2) is 78.9 Å². The highest BCUT2D eigenvalue weighted by Gasteiger charge is 2.20. The number of hydrogen-bond donors (Lipinski definition) is 2. The van der Waals surface area contributed by atoms with E-state index in [0.717, 1.165) is 16.8 Å². The van der Waals surface area contributed by atoms with Crippen molar-refractivity contribution in [3.05, 3.63) is 95.8 Å². The van der Waals surface area contributed by atoms with E-state index in [1.807, 2.05) is 54.6 Å². The Morgan fingerprint density at radius 1 is 0.926 bits per heavy atom. The van der Waals surface area contributed by atoms with Gasteiger partial charge in [-0.15, -0.1) is 0 Å². The molecule has 1 atom stereocenters. The Morgan fingerprint density at radius 3 is 2.19 bits per heavy atom. The molecule has 0 aliphatic heterocycles. The molecule has 2 N–H and O–H groups in total. The molecule has 0 fully saturated rings. The number of nitriles is 1. The predicted molar refractivity (Wildman–Crippen MR) is 104 cm³/mol. The number of benzene rings is 3. The summed E-state index contributed by atoms with van der Waals surface area (Å²) in [5.74, 6) is -0.614. The van der Waals surface area contributed by atoms with Gasteiger partial charge in [0.25, 0.3) is 5.91 Å². The van der Waals surface area contributed by atoms with Gasteiger partial charge < -0.3 is 10.6 Å². The van der Waals surface area contributed by atoms with Gasteiger partial charge in [-0.05, 0) is 47.5 Å². The Bertz CT molecular complexity index is 932. The fourth-order valence-electron chi connectivity index (χ4n) is 2.67. The summed E-state index contributed by atoms with van der Waals surface area (Å²) in [5, 5.41) is 14.8. The summed E-state index contributed by atoms with van der Waals surface area (Å²) < 4.78 is 13.1. The molecule has 0 radical (unpaired) electrons. The van der Waals surface area contributed by atoms with Crippen LogP contribution in [0.1, 0.15) is 17.2 Å². The lowest BCUT2D eigenvalue weighted by Gasteiger charge is -2.20. The SMILES string of the molecule is N#CCc1ccc(NC(C(=O)Nc2ccc(F)cc2)c2ccccc2)cc1. The van der Waals surface area contributed by atoms with Gasteiger partial charge in [-0.2, -0.15) is 5.26 Å². The van der Waals surface area contributed by atoms with E-state index in [1.54, 1.807) is 0 Å². The first kappa shape index (κ1) is 18.2. The summed E-state index contributed by atoms with van der Waals surface area (Å²) in [6.45, 7) is 0. The van der Waals surface area contributed by atoms with E-state index in [-0.39, 0.29) is 11.7 Å². The fourth-order valence-corrected chi connectivity index (χ4v) is 2.67. The van der Waals surface area contributed by atoms with E-state index in [0.29, 0.717) is 12.1 Å². The lowest BCUT2D eigenvalue weighted by Crippen LogP contribution is -2.27. The average molecular weight is 359 g/mol. The minimum Gasteiger partial charge on any atom is -0.370 e. The van der Waals surface area contributed by atoms with Gasteiger partial charge in [0.1, 0.15) is 11.9 Å². The minimum absolute atomic E-state index is 0.256. The van der Waals surface area contributed by atoms with Gasteiger partial charge in [-0.1, -0.05) is 42.5 Å². The standard InChI is InChI=1S/C22H18FN3O/c23-18-8-12-20(13-9-18)26-22(27)21(17-4-2-1-3-5-17)25-19-10-6-16(7-11-19)14-15-24/h1-13,21,25H,14H2,(H,26,27). The van der Waals surface area contributed by atoms with Crippen LogP contribution in [0.4, 0.5) is 15.8 Å². The second kappa shape index (κ2) is 8.63. The quantitative estimate of drug-likeness (QED) is 0.671. The van der Waals surface area contributed by atoms with Crippen LogP contribution in [0.25, 0.3) is 0 Å². The summed E-state index contributed by atoms with van der Waals surface area (Å²) in [5.41, 5.74) is 3.00. The van der Waals surface area contributed by atoms with Crippen LogP contribution >= 0.6 is 0 Å². The lowest BCUT2D eigenvalue weighted by molar-refractivity contribution is -0.117. The van der Waals surface area contributed by atoms with Gasteiger partial charge in [-0.25, -0.2) is 4.39 Å². The van der Waals surface area contributed by atoms with Crippen LogP contribution in [0.5, 0.6) is 0 Å². The first-order valence-electron chi connectivity index (χ1n) is 8.49. The van der Waals surface area contributed by atoms with Crippen molar-refractivity contribution in [2.24, 2.45) is 0 Å². The molecule has 0 aromatic heterocycles. The van der Waals surface area contributed by atoms with Crippen molar-refractivity contribution in [2.45, 2.75) is 12.5 Å². The molecule has 0 saturated heterocycles. The van der Waals surface area contributed by atoms with Crippen LogP contribution in [0, 0.1) is 17.1 Å². The molecule has 0 bridgehead atoms. The van der Waals surface area contributed by atoms with Gasteiger partial charge in [0.2, 0.25) is 0 Å². The summed E-state index contributed by atoms with van der Waals surface area (Å²) in [7, 11) is 0. The molecule has 3 aromatic rings. The third-order valence-electron chi connectivity index (χ3n) is 4.05. The smallest absolute Gasteiger partial charge is 0.251 e. The van der Waals surface area contributed by atoms with Crippen LogP contribution < -0.4 is 10.6 Å². The van der Waals surface area contributed by atoms with Crippen LogP contribution in [0.2, 0.25) is 0 Å². The van der Waals surface area contributed by atoms with Crippen molar-refractivity contribution in [1.29, 1.82) is 5.26 Å². The van der Waals surface area contributed by atoms with Crippen LogP contribution in [-0.2, 0) is 11.2 Å².